The van der Waals surface area contributed by atoms with E-state index in [0.717, 1.165) is 30.8 Å². The third-order valence-electron chi connectivity index (χ3n) is 3.70. The summed E-state index contributed by atoms with van der Waals surface area (Å²) in [6, 6.07) is 7.97. The molecule has 1 saturated heterocycles. The zero-order chi connectivity index (χ0) is 16.2. The van der Waals surface area contributed by atoms with Gasteiger partial charge in [0.1, 0.15) is 5.60 Å². The van der Waals surface area contributed by atoms with Crippen molar-refractivity contribution in [3.8, 4) is 0 Å². The molecule has 2 rings (SSSR count). The zero-order valence-electron chi connectivity index (χ0n) is 13.6. The van der Waals surface area contributed by atoms with E-state index in [2.05, 4.69) is 10.2 Å². The number of aliphatic hydroxyl groups excluding tert-OH is 1. The second-order valence-electron chi connectivity index (χ2n) is 6.81. The van der Waals surface area contributed by atoms with Crippen LogP contribution < -0.4 is 10.2 Å². The summed E-state index contributed by atoms with van der Waals surface area (Å²) in [5.74, 6) is 0.435. The van der Waals surface area contributed by atoms with Crippen molar-refractivity contribution >= 4 is 11.8 Å². The molecule has 1 amide bonds. The van der Waals surface area contributed by atoms with E-state index in [9.17, 15) is 4.79 Å². The van der Waals surface area contributed by atoms with Crippen LogP contribution in [0.15, 0.2) is 24.3 Å². The largest absolute Gasteiger partial charge is 0.444 e. The molecule has 22 heavy (non-hydrogen) atoms. The molecule has 5 nitrogen and oxygen atoms in total. The van der Waals surface area contributed by atoms with Gasteiger partial charge in [0, 0.05) is 25.3 Å². The number of anilines is 1. The molecule has 1 atom stereocenters. The first-order chi connectivity index (χ1) is 10.4. The molecule has 122 valence electrons. The van der Waals surface area contributed by atoms with E-state index in [1.807, 2.05) is 45.0 Å². The topological polar surface area (TPSA) is 61.8 Å². The highest BCUT2D eigenvalue weighted by molar-refractivity contribution is 5.67. The molecule has 1 aliphatic heterocycles. The molecule has 5 heteroatoms. The van der Waals surface area contributed by atoms with Gasteiger partial charge in [-0.05, 0) is 50.8 Å². The van der Waals surface area contributed by atoms with Crippen LogP contribution in [-0.4, -0.2) is 36.4 Å². The number of rotatable bonds is 4. The highest BCUT2D eigenvalue weighted by Crippen LogP contribution is 2.24. The Bertz CT molecular complexity index is 494. The number of hydrogen-bond acceptors (Lipinski definition) is 4. The van der Waals surface area contributed by atoms with E-state index in [0.29, 0.717) is 12.5 Å². The predicted molar refractivity (Wildman–Crippen MR) is 86.9 cm³/mol. The Kier molecular flexibility index (Phi) is 5.29. The van der Waals surface area contributed by atoms with Crippen molar-refractivity contribution in [2.24, 2.45) is 5.92 Å². The van der Waals surface area contributed by atoms with Crippen molar-refractivity contribution in [3.05, 3.63) is 29.8 Å². The van der Waals surface area contributed by atoms with Gasteiger partial charge < -0.3 is 20.1 Å². The maximum atomic E-state index is 11.7. The number of benzene rings is 1. The Labute approximate surface area is 132 Å². The molecule has 1 aromatic rings. The molecule has 0 unspecified atom stereocenters. The Balaban J connectivity index is 1.78. The summed E-state index contributed by atoms with van der Waals surface area (Å²) in [7, 11) is 0. The van der Waals surface area contributed by atoms with E-state index in [1.165, 1.54) is 0 Å². The van der Waals surface area contributed by atoms with Crippen LogP contribution in [0.25, 0.3) is 0 Å². The Morgan fingerprint density at radius 3 is 2.64 bits per heavy atom. The van der Waals surface area contributed by atoms with Crippen molar-refractivity contribution in [2.75, 3.05) is 24.5 Å². The SMILES string of the molecule is CC(C)(C)OC(=O)NC[C@H]1CCN(c2ccc(CO)cc2)C1. The number of carbonyl (C=O) groups is 1. The molecular formula is C17H26N2O3. The minimum absolute atomic E-state index is 0.0721. The van der Waals surface area contributed by atoms with E-state index < -0.39 is 5.60 Å². The second-order valence-corrected chi connectivity index (χ2v) is 6.81. The van der Waals surface area contributed by atoms with Crippen LogP contribution >= 0.6 is 0 Å². The van der Waals surface area contributed by atoms with Gasteiger partial charge >= 0.3 is 6.09 Å². The van der Waals surface area contributed by atoms with Gasteiger partial charge in [0.05, 0.1) is 6.61 Å². The van der Waals surface area contributed by atoms with E-state index in [4.69, 9.17) is 9.84 Å². The van der Waals surface area contributed by atoms with Gasteiger partial charge in [0.25, 0.3) is 0 Å². The summed E-state index contributed by atoms with van der Waals surface area (Å²) in [5, 5.41) is 11.9. The van der Waals surface area contributed by atoms with Crippen molar-refractivity contribution in [3.63, 3.8) is 0 Å². The monoisotopic (exact) mass is 306 g/mol. The van der Waals surface area contributed by atoms with E-state index in [-0.39, 0.29) is 12.7 Å². The van der Waals surface area contributed by atoms with Crippen LogP contribution in [0.1, 0.15) is 32.8 Å². The molecule has 1 aliphatic rings. The highest BCUT2D eigenvalue weighted by Gasteiger charge is 2.24. The standard InChI is InChI=1S/C17H26N2O3/c1-17(2,3)22-16(21)18-10-14-8-9-19(11-14)15-6-4-13(12-20)5-7-15/h4-7,14,20H,8-12H2,1-3H3,(H,18,21)/t14-/m1/s1. The van der Waals surface area contributed by atoms with Crippen LogP contribution in [0.4, 0.5) is 10.5 Å². The van der Waals surface area contributed by atoms with E-state index >= 15 is 0 Å². The minimum Gasteiger partial charge on any atom is -0.444 e. The minimum atomic E-state index is -0.458. The fraction of sp³-hybridized carbons (Fsp3) is 0.588. The van der Waals surface area contributed by atoms with Crippen LogP contribution in [0.5, 0.6) is 0 Å². The second kappa shape index (κ2) is 7.01. The number of amides is 1. The molecule has 1 heterocycles. The number of ether oxygens (including phenoxy) is 1. The maximum absolute atomic E-state index is 11.7. The van der Waals surface area contributed by atoms with Crippen molar-refractivity contribution in [2.45, 2.75) is 39.4 Å². The van der Waals surface area contributed by atoms with Gasteiger partial charge in [-0.15, -0.1) is 0 Å². The normalized spacial score (nSPS) is 18.4. The summed E-state index contributed by atoms with van der Waals surface area (Å²) in [5.41, 5.74) is 1.63. The molecule has 0 aromatic heterocycles. The van der Waals surface area contributed by atoms with Crippen LogP contribution in [-0.2, 0) is 11.3 Å². The third kappa shape index (κ3) is 4.91. The molecular weight excluding hydrogens is 280 g/mol. The van der Waals surface area contributed by atoms with Gasteiger partial charge in [-0.1, -0.05) is 12.1 Å². The van der Waals surface area contributed by atoms with Gasteiger partial charge in [-0.25, -0.2) is 4.79 Å². The summed E-state index contributed by atoms with van der Waals surface area (Å²) >= 11 is 0. The summed E-state index contributed by atoms with van der Waals surface area (Å²) in [4.78, 5) is 14.0. The maximum Gasteiger partial charge on any atom is 0.407 e. The number of carbonyl (C=O) groups excluding carboxylic acids is 1. The smallest absolute Gasteiger partial charge is 0.407 e. The average molecular weight is 306 g/mol. The summed E-state index contributed by atoms with van der Waals surface area (Å²) in [6.07, 6.45) is 0.704. The average Bonchev–Trinajstić information content (AvgIpc) is 2.92. The Morgan fingerprint density at radius 2 is 2.05 bits per heavy atom. The fourth-order valence-electron chi connectivity index (χ4n) is 2.59. The van der Waals surface area contributed by atoms with E-state index in [1.54, 1.807) is 0 Å². The zero-order valence-corrected chi connectivity index (χ0v) is 13.6. The van der Waals surface area contributed by atoms with Crippen molar-refractivity contribution < 1.29 is 14.6 Å². The van der Waals surface area contributed by atoms with Gasteiger partial charge in [0.15, 0.2) is 0 Å². The number of hydrogen-bond donors (Lipinski definition) is 2. The number of aliphatic hydroxyl groups is 1. The number of nitrogens with zero attached hydrogens (tertiary/aromatic N) is 1. The predicted octanol–water partition coefficient (Wildman–Crippen LogP) is 2.53. The third-order valence-corrected chi connectivity index (χ3v) is 3.70. The molecule has 2 N–H and O–H groups in total. The van der Waals surface area contributed by atoms with Crippen molar-refractivity contribution in [1.82, 2.24) is 5.32 Å². The van der Waals surface area contributed by atoms with Gasteiger partial charge in [-0.2, -0.15) is 0 Å². The molecule has 0 aliphatic carbocycles. The molecule has 0 saturated carbocycles. The Morgan fingerprint density at radius 1 is 1.36 bits per heavy atom. The number of nitrogens with one attached hydrogen (secondary N) is 1. The van der Waals surface area contributed by atoms with Gasteiger partial charge in [-0.3, -0.25) is 0 Å². The molecule has 0 radical (unpaired) electrons. The molecule has 0 spiro atoms. The first-order valence-corrected chi connectivity index (χ1v) is 7.79. The van der Waals surface area contributed by atoms with Gasteiger partial charge in [0.2, 0.25) is 0 Å². The van der Waals surface area contributed by atoms with Crippen LogP contribution in [0.3, 0.4) is 0 Å². The molecule has 1 aromatic carbocycles. The van der Waals surface area contributed by atoms with Crippen molar-refractivity contribution in [1.29, 1.82) is 0 Å². The first-order valence-electron chi connectivity index (χ1n) is 7.79. The lowest BCUT2D eigenvalue weighted by atomic mass is 10.1. The lowest BCUT2D eigenvalue weighted by Gasteiger charge is -2.21. The Hall–Kier alpha value is -1.75. The summed E-state index contributed by atoms with van der Waals surface area (Å²) in [6.45, 7) is 8.20. The fourth-order valence-corrected chi connectivity index (χ4v) is 2.59. The highest BCUT2D eigenvalue weighted by atomic mass is 16.6. The first kappa shape index (κ1) is 16.6. The van der Waals surface area contributed by atoms with Crippen LogP contribution in [0.2, 0.25) is 0 Å². The molecule has 1 fully saturated rings. The number of alkyl carbamates (subject to hydrolysis) is 1. The lowest BCUT2D eigenvalue weighted by Crippen LogP contribution is -2.36. The summed E-state index contributed by atoms with van der Waals surface area (Å²) < 4.78 is 5.25. The lowest BCUT2D eigenvalue weighted by molar-refractivity contribution is 0.0520. The molecule has 0 bridgehead atoms. The van der Waals surface area contributed by atoms with Crippen LogP contribution in [0, 0.1) is 5.92 Å². The quantitative estimate of drug-likeness (QED) is 0.897.